The van der Waals surface area contributed by atoms with Crippen LogP contribution >= 0.6 is 15.6 Å². The summed E-state index contributed by atoms with van der Waals surface area (Å²) in [7, 11) is -9.93. The molecule has 19 heteroatoms. The zero-order valence-corrected chi connectivity index (χ0v) is 70.1. The Morgan fingerprint density at radius 3 is 0.654 bits per heavy atom. The van der Waals surface area contributed by atoms with Gasteiger partial charge in [-0.3, -0.25) is 37.3 Å². The second kappa shape index (κ2) is 76.4. The Morgan fingerprint density at radius 1 is 0.260 bits per heavy atom. The van der Waals surface area contributed by atoms with Crippen LogP contribution in [0.3, 0.4) is 0 Å². The van der Waals surface area contributed by atoms with Gasteiger partial charge in [-0.2, -0.15) is 0 Å². The van der Waals surface area contributed by atoms with E-state index in [9.17, 15) is 43.2 Å². The third-order valence-electron chi connectivity index (χ3n) is 20.0. The topological polar surface area (TPSA) is 237 Å². The largest absolute Gasteiger partial charge is 0.472 e. The smallest absolute Gasteiger partial charge is 0.462 e. The van der Waals surface area contributed by atoms with Gasteiger partial charge < -0.3 is 33.8 Å². The Hall–Kier alpha value is -1.94. The van der Waals surface area contributed by atoms with Crippen molar-refractivity contribution in [2.45, 2.75) is 471 Å². The maximum absolute atomic E-state index is 13.1. The van der Waals surface area contributed by atoms with Crippen LogP contribution in [0.1, 0.15) is 452 Å². The first kappa shape index (κ1) is 102. The molecule has 0 radical (unpaired) electrons. The minimum absolute atomic E-state index is 0.108. The van der Waals surface area contributed by atoms with Crippen molar-refractivity contribution in [3.63, 3.8) is 0 Å². The Morgan fingerprint density at radius 2 is 0.442 bits per heavy atom. The van der Waals surface area contributed by atoms with Gasteiger partial charge in [0.05, 0.1) is 26.4 Å². The summed E-state index contributed by atoms with van der Waals surface area (Å²) in [6.07, 6.45) is 67.9. The van der Waals surface area contributed by atoms with Crippen LogP contribution in [0.25, 0.3) is 0 Å². The molecule has 17 nitrogen and oxygen atoms in total. The maximum Gasteiger partial charge on any atom is 0.472 e. The van der Waals surface area contributed by atoms with Crippen molar-refractivity contribution in [1.29, 1.82) is 0 Å². The zero-order chi connectivity index (χ0) is 76.4. The lowest BCUT2D eigenvalue weighted by molar-refractivity contribution is -0.161. The van der Waals surface area contributed by atoms with Crippen molar-refractivity contribution < 1.29 is 80.2 Å². The predicted molar refractivity (Wildman–Crippen MR) is 428 cm³/mol. The van der Waals surface area contributed by atoms with Crippen molar-refractivity contribution in [2.24, 2.45) is 11.8 Å². The van der Waals surface area contributed by atoms with Gasteiger partial charge in [0, 0.05) is 25.7 Å². The number of carbonyl (C=O) groups excluding carboxylic acids is 4. The Kier molecular flexibility index (Phi) is 75.0. The molecular weight excluding hydrogens is 1350 g/mol. The normalized spacial score (nSPS) is 13.8. The fourth-order valence-corrected chi connectivity index (χ4v) is 14.8. The lowest BCUT2D eigenvalue weighted by Gasteiger charge is -2.21. The number of aliphatic hydroxyl groups excluding tert-OH is 1. The zero-order valence-electron chi connectivity index (χ0n) is 68.3. The SMILES string of the molecule is CCCCCCCCCCCCCCCCCCCC(=O)O[C@H](COC(=O)CCCCCCCCCCCCC)COP(=O)(O)OC[C@H](O)COP(=O)(O)OC[C@@H](COC(=O)CCCCCCCCCCCCCCCCCC(C)C)OC(=O)CCCCCCCCCCCCCCCCCC(C)C. The van der Waals surface area contributed by atoms with Crippen molar-refractivity contribution in [2.75, 3.05) is 39.6 Å². The number of hydrogen-bond acceptors (Lipinski definition) is 15. The molecule has 0 saturated heterocycles. The third kappa shape index (κ3) is 78.2. The summed E-state index contributed by atoms with van der Waals surface area (Å²) in [5.41, 5.74) is 0. The van der Waals surface area contributed by atoms with Crippen LogP contribution < -0.4 is 0 Å². The number of phosphoric ester groups is 2. The molecule has 2 unspecified atom stereocenters. The van der Waals surface area contributed by atoms with Crippen molar-refractivity contribution >= 4 is 39.5 Å². The number of phosphoric acid groups is 2. The first-order valence-corrected chi connectivity index (χ1v) is 47.0. The number of aliphatic hydroxyl groups is 1. The lowest BCUT2D eigenvalue weighted by atomic mass is 10.0. The van der Waals surface area contributed by atoms with E-state index in [1.54, 1.807) is 0 Å². The summed E-state index contributed by atoms with van der Waals surface area (Å²) in [6, 6.07) is 0. The van der Waals surface area contributed by atoms with E-state index in [0.29, 0.717) is 25.7 Å². The predicted octanol–water partition coefficient (Wildman–Crippen LogP) is 25.8. The van der Waals surface area contributed by atoms with E-state index < -0.39 is 97.5 Å². The average Bonchev–Trinajstić information content (AvgIpc) is 0.940. The fourth-order valence-electron chi connectivity index (χ4n) is 13.2. The van der Waals surface area contributed by atoms with Gasteiger partial charge in [0.2, 0.25) is 0 Å². The summed E-state index contributed by atoms with van der Waals surface area (Å²) in [4.78, 5) is 73.2. The molecule has 618 valence electrons. The minimum Gasteiger partial charge on any atom is -0.462 e. The number of unbranched alkanes of at least 4 members (excludes halogenated alkanes) is 54. The number of carbonyl (C=O) groups is 4. The van der Waals surface area contributed by atoms with Crippen molar-refractivity contribution in [3.05, 3.63) is 0 Å². The second-order valence-corrected chi connectivity index (χ2v) is 34.4. The van der Waals surface area contributed by atoms with Crippen LogP contribution in [-0.4, -0.2) is 96.7 Å². The molecule has 0 aliphatic heterocycles. The molecule has 0 rings (SSSR count). The third-order valence-corrected chi connectivity index (χ3v) is 21.9. The van der Waals surface area contributed by atoms with Crippen LogP contribution in [0.5, 0.6) is 0 Å². The van der Waals surface area contributed by atoms with Gasteiger partial charge in [0.15, 0.2) is 12.2 Å². The van der Waals surface area contributed by atoms with E-state index in [2.05, 4.69) is 41.5 Å². The molecule has 0 aromatic carbocycles. The summed E-state index contributed by atoms with van der Waals surface area (Å²) < 4.78 is 68.9. The van der Waals surface area contributed by atoms with Gasteiger partial charge >= 0.3 is 39.5 Å². The van der Waals surface area contributed by atoms with Crippen LogP contribution in [0.2, 0.25) is 0 Å². The first-order valence-electron chi connectivity index (χ1n) is 44.0. The molecule has 0 saturated carbocycles. The maximum atomic E-state index is 13.1. The highest BCUT2D eigenvalue weighted by atomic mass is 31.2. The Bertz CT molecular complexity index is 1990. The molecule has 3 N–H and O–H groups in total. The number of rotatable bonds is 84. The van der Waals surface area contributed by atoms with Crippen molar-refractivity contribution in [1.82, 2.24) is 0 Å². The monoisotopic (exact) mass is 1520 g/mol. The summed E-state index contributed by atoms with van der Waals surface area (Å²) >= 11 is 0. The molecule has 0 fully saturated rings. The minimum atomic E-state index is -4.96. The Labute approximate surface area is 638 Å². The molecular formula is C85H166O17P2. The highest BCUT2D eigenvalue weighted by molar-refractivity contribution is 7.47. The lowest BCUT2D eigenvalue weighted by Crippen LogP contribution is -2.30. The molecule has 0 bridgehead atoms. The van der Waals surface area contributed by atoms with Gasteiger partial charge in [-0.05, 0) is 37.5 Å². The van der Waals surface area contributed by atoms with Crippen LogP contribution in [-0.2, 0) is 65.4 Å². The van der Waals surface area contributed by atoms with Gasteiger partial charge in [-0.25, -0.2) is 9.13 Å². The summed E-state index contributed by atoms with van der Waals surface area (Å²) in [6.45, 7) is 9.72. The van der Waals surface area contributed by atoms with Gasteiger partial charge in [-0.15, -0.1) is 0 Å². The Balaban J connectivity index is 5.25. The van der Waals surface area contributed by atoms with Gasteiger partial charge in [-0.1, -0.05) is 401 Å². The molecule has 0 aromatic rings. The van der Waals surface area contributed by atoms with E-state index in [-0.39, 0.29) is 25.7 Å². The summed E-state index contributed by atoms with van der Waals surface area (Å²) in [5.74, 6) is -0.492. The van der Waals surface area contributed by atoms with E-state index in [0.717, 1.165) is 102 Å². The van der Waals surface area contributed by atoms with Crippen LogP contribution in [0.4, 0.5) is 0 Å². The molecule has 0 aromatic heterocycles. The van der Waals surface area contributed by atoms with Crippen LogP contribution in [0, 0.1) is 11.8 Å². The number of esters is 4. The molecule has 0 aliphatic rings. The second-order valence-electron chi connectivity index (χ2n) is 31.5. The molecule has 0 spiro atoms. The fraction of sp³-hybridized carbons (Fsp3) is 0.953. The summed E-state index contributed by atoms with van der Waals surface area (Å²) in [5, 5.41) is 10.7. The molecule has 5 atom stereocenters. The van der Waals surface area contributed by atoms with E-state index >= 15 is 0 Å². The highest BCUT2D eigenvalue weighted by Gasteiger charge is 2.30. The van der Waals surface area contributed by atoms with Crippen LogP contribution in [0.15, 0.2) is 0 Å². The van der Waals surface area contributed by atoms with Crippen molar-refractivity contribution in [3.8, 4) is 0 Å². The highest BCUT2D eigenvalue weighted by Crippen LogP contribution is 2.45. The molecule has 0 amide bonds. The number of hydrogen-bond donors (Lipinski definition) is 3. The standard InChI is InChI=1S/C85H166O17P2/c1-7-9-11-13-15-17-19-20-21-22-27-33-39-45-51-57-63-69-84(89)101-80(73-95-82(87)67-61-55-49-43-35-18-16-14-12-10-8-2)75-99-103(91,92)97-71-79(86)72-98-104(93,94)100-76-81(102-85(90)70-64-58-52-46-40-34-29-24-26-31-37-42-48-54-60-66-78(5)6)74-96-83(88)68-62-56-50-44-38-32-28-23-25-30-36-41-47-53-59-65-77(3)4/h77-81,86H,7-76H2,1-6H3,(H,91,92)(H,93,94)/t79-,80+,81+/m0/s1. The van der Waals surface area contributed by atoms with E-state index in [4.69, 9.17) is 37.0 Å². The molecule has 0 aliphatic carbocycles. The quantitative estimate of drug-likeness (QED) is 0.0222. The number of ether oxygens (including phenoxy) is 4. The first-order chi connectivity index (χ1) is 50.4. The molecule has 0 heterocycles. The van der Waals surface area contributed by atoms with E-state index in [1.165, 1.54) is 270 Å². The van der Waals surface area contributed by atoms with Gasteiger partial charge in [0.25, 0.3) is 0 Å². The van der Waals surface area contributed by atoms with Gasteiger partial charge in [0.1, 0.15) is 19.3 Å². The van der Waals surface area contributed by atoms with E-state index in [1.807, 2.05) is 0 Å². The average molecular weight is 1520 g/mol. The molecule has 104 heavy (non-hydrogen) atoms.